The van der Waals surface area contributed by atoms with Gasteiger partial charge in [-0.3, -0.25) is 9.59 Å². The lowest BCUT2D eigenvalue weighted by Crippen LogP contribution is -2.44. The largest absolute Gasteiger partial charge is 0.342 e. The third kappa shape index (κ3) is 2.92. The van der Waals surface area contributed by atoms with Crippen LogP contribution in [-0.2, 0) is 14.8 Å². The van der Waals surface area contributed by atoms with Crippen LogP contribution in [0, 0.1) is 11.8 Å². The molecule has 2 aliphatic rings. The lowest BCUT2D eigenvalue weighted by Gasteiger charge is -2.35. The van der Waals surface area contributed by atoms with Gasteiger partial charge in [-0.15, -0.1) is 0 Å². The molecule has 1 aromatic carbocycles. The van der Waals surface area contributed by atoms with Gasteiger partial charge in [0.25, 0.3) is 15.9 Å². The van der Waals surface area contributed by atoms with E-state index in [0.717, 1.165) is 10.7 Å². The molecule has 6 nitrogen and oxygen atoms in total. The van der Waals surface area contributed by atoms with Gasteiger partial charge in [0.15, 0.2) is 0 Å². The van der Waals surface area contributed by atoms with Crippen molar-refractivity contribution in [2.75, 3.05) is 19.6 Å². The summed E-state index contributed by atoms with van der Waals surface area (Å²) in [6.07, 6.45) is 1.12. The minimum Gasteiger partial charge on any atom is -0.342 e. The molecule has 0 N–H and O–H groups in total. The molecule has 1 fully saturated rings. The quantitative estimate of drug-likeness (QED) is 0.832. The molecule has 0 saturated carbocycles. The molecule has 2 aliphatic heterocycles. The highest BCUT2D eigenvalue weighted by atomic mass is 32.2. The topological polar surface area (TPSA) is 74.8 Å². The zero-order valence-electron chi connectivity index (χ0n) is 13.9. The summed E-state index contributed by atoms with van der Waals surface area (Å²) in [5.41, 5.74) is 0.185. The number of amides is 2. The zero-order valence-corrected chi connectivity index (χ0v) is 14.8. The van der Waals surface area contributed by atoms with Crippen LogP contribution in [0.5, 0.6) is 0 Å². The van der Waals surface area contributed by atoms with Crippen LogP contribution in [0.2, 0.25) is 0 Å². The molecule has 1 saturated heterocycles. The molecule has 3 rings (SSSR count). The number of piperidine rings is 1. The van der Waals surface area contributed by atoms with Crippen LogP contribution < -0.4 is 0 Å². The fourth-order valence-electron chi connectivity index (χ4n) is 3.67. The SMILES string of the molecule is C[C@@H]1C[C@H](C)CN(C(=O)CCN2C(=O)c3ccccc3S2(=O)=O)C1. The number of nitrogens with zero attached hydrogens (tertiary/aromatic N) is 2. The standard InChI is InChI=1S/C17H22N2O4S/c1-12-9-13(2)11-18(10-12)16(20)7-8-19-17(21)14-5-3-4-6-15(14)24(19,22)23/h3-6,12-13H,7-11H2,1-2H3/t12-,13+. The fraction of sp³-hybridized carbons (Fsp3) is 0.529. The van der Waals surface area contributed by atoms with Crippen molar-refractivity contribution < 1.29 is 18.0 Å². The minimum atomic E-state index is -3.83. The molecular formula is C17H22N2O4S. The average Bonchev–Trinajstić information content (AvgIpc) is 2.72. The Morgan fingerprint density at radius 2 is 1.79 bits per heavy atom. The Bertz CT molecular complexity index is 765. The number of carbonyl (C=O) groups is 2. The molecule has 0 aromatic heterocycles. The van der Waals surface area contributed by atoms with Crippen molar-refractivity contribution in [3.63, 3.8) is 0 Å². The lowest BCUT2D eigenvalue weighted by atomic mass is 9.92. The molecule has 130 valence electrons. The fourth-order valence-corrected chi connectivity index (χ4v) is 5.24. The first-order valence-corrected chi connectivity index (χ1v) is 9.68. The molecule has 2 atom stereocenters. The van der Waals surface area contributed by atoms with Crippen molar-refractivity contribution in [3.05, 3.63) is 29.8 Å². The number of benzene rings is 1. The molecule has 1 aromatic rings. The van der Waals surface area contributed by atoms with Gasteiger partial charge in [-0.25, -0.2) is 12.7 Å². The number of fused-ring (bicyclic) bond motifs is 1. The van der Waals surface area contributed by atoms with E-state index in [2.05, 4.69) is 13.8 Å². The Balaban J connectivity index is 1.69. The Hall–Kier alpha value is -1.89. The minimum absolute atomic E-state index is 0.0262. The number of hydrogen-bond donors (Lipinski definition) is 0. The predicted octanol–water partition coefficient (Wildman–Crippen LogP) is 1.73. The van der Waals surface area contributed by atoms with Gasteiger partial charge >= 0.3 is 0 Å². The van der Waals surface area contributed by atoms with Crippen LogP contribution in [0.15, 0.2) is 29.2 Å². The van der Waals surface area contributed by atoms with E-state index in [9.17, 15) is 18.0 Å². The maximum absolute atomic E-state index is 12.5. The van der Waals surface area contributed by atoms with Gasteiger partial charge in [0, 0.05) is 26.1 Å². The summed E-state index contributed by atoms with van der Waals surface area (Å²) in [5.74, 6) is 0.254. The summed E-state index contributed by atoms with van der Waals surface area (Å²) in [4.78, 5) is 26.6. The predicted molar refractivity (Wildman–Crippen MR) is 88.8 cm³/mol. The van der Waals surface area contributed by atoms with Crippen molar-refractivity contribution in [2.24, 2.45) is 11.8 Å². The number of rotatable bonds is 3. The molecule has 2 heterocycles. The van der Waals surface area contributed by atoms with Gasteiger partial charge in [0.2, 0.25) is 5.91 Å². The second kappa shape index (κ2) is 6.20. The second-order valence-electron chi connectivity index (χ2n) is 6.87. The zero-order chi connectivity index (χ0) is 17.5. The second-order valence-corrected chi connectivity index (χ2v) is 8.70. The van der Waals surface area contributed by atoms with Crippen LogP contribution in [0.3, 0.4) is 0 Å². The smallest absolute Gasteiger partial charge is 0.269 e. The molecule has 7 heteroatoms. The number of sulfonamides is 1. The number of carbonyl (C=O) groups excluding carboxylic acids is 2. The maximum Gasteiger partial charge on any atom is 0.269 e. The molecule has 24 heavy (non-hydrogen) atoms. The summed E-state index contributed by atoms with van der Waals surface area (Å²) in [6, 6.07) is 6.16. The summed E-state index contributed by atoms with van der Waals surface area (Å²) in [6.45, 7) is 5.52. The third-order valence-corrected chi connectivity index (χ3v) is 6.50. The van der Waals surface area contributed by atoms with E-state index in [1.165, 1.54) is 12.1 Å². The molecular weight excluding hydrogens is 328 g/mol. The number of hydrogen-bond acceptors (Lipinski definition) is 4. The van der Waals surface area contributed by atoms with Crippen LogP contribution in [0.4, 0.5) is 0 Å². The van der Waals surface area contributed by atoms with Crippen molar-refractivity contribution in [1.29, 1.82) is 0 Å². The van der Waals surface area contributed by atoms with Crippen LogP contribution >= 0.6 is 0 Å². The van der Waals surface area contributed by atoms with Gasteiger partial charge in [-0.2, -0.15) is 0 Å². The molecule has 0 unspecified atom stereocenters. The summed E-state index contributed by atoms with van der Waals surface area (Å²) >= 11 is 0. The summed E-state index contributed by atoms with van der Waals surface area (Å²) in [5, 5.41) is 0. The Labute approximate surface area is 142 Å². The monoisotopic (exact) mass is 350 g/mol. The average molecular weight is 350 g/mol. The van der Waals surface area contributed by atoms with Gasteiger partial charge in [0.05, 0.1) is 5.56 Å². The van der Waals surface area contributed by atoms with Crippen molar-refractivity contribution in [3.8, 4) is 0 Å². The van der Waals surface area contributed by atoms with Crippen LogP contribution in [0.25, 0.3) is 0 Å². The number of likely N-dealkylation sites (tertiary alicyclic amines) is 1. The van der Waals surface area contributed by atoms with E-state index in [0.29, 0.717) is 24.9 Å². The van der Waals surface area contributed by atoms with E-state index in [1.807, 2.05) is 0 Å². The van der Waals surface area contributed by atoms with E-state index in [-0.39, 0.29) is 29.3 Å². The molecule has 0 spiro atoms. The molecule has 0 radical (unpaired) electrons. The molecule has 0 bridgehead atoms. The van der Waals surface area contributed by atoms with Crippen molar-refractivity contribution in [2.45, 2.75) is 31.6 Å². The van der Waals surface area contributed by atoms with Crippen molar-refractivity contribution in [1.82, 2.24) is 9.21 Å². The first kappa shape index (κ1) is 17.0. The molecule has 0 aliphatic carbocycles. The van der Waals surface area contributed by atoms with Gasteiger partial charge in [0.1, 0.15) is 4.90 Å². The Kier molecular flexibility index (Phi) is 4.38. The highest BCUT2D eigenvalue weighted by Crippen LogP contribution is 2.30. The van der Waals surface area contributed by atoms with Crippen molar-refractivity contribution >= 4 is 21.8 Å². The van der Waals surface area contributed by atoms with Gasteiger partial charge < -0.3 is 4.90 Å². The van der Waals surface area contributed by atoms with E-state index in [1.54, 1.807) is 17.0 Å². The molecule has 2 amide bonds. The first-order chi connectivity index (χ1) is 11.3. The summed E-state index contributed by atoms with van der Waals surface area (Å²) in [7, 11) is -3.83. The van der Waals surface area contributed by atoms with E-state index in [4.69, 9.17) is 0 Å². The summed E-state index contributed by atoms with van der Waals surface area (Å²) < 4.78 is 25.8. The normalized spacial score (nSPS) is 25.7. The highest BCUT2D eigenvalue weighted by Gasteiger charge is 2.41. The van der Waals surface area contributed by atoms with Crippen LogP contribution in [-0.4, -0.2) is 49.1 Å². The third-order valence-electron chi connectivity index (χ3n) is 4.66. The van der Waals surface area contributed by atoms with Gasteiger partial charge in [-0.05, 0) is 30.4 Å². The van der Waals surface area contributed by atoms with E-state index >= 15 is 0 Å². The Morgan fingerprint density at radius 1 is 1.17 bits per heavy atom. The van der Waals surface area contributed by atoms with Gasteiger partial charge in [-0.1, -0.05) is 26.0 Å². The lowest BCUT2D eigenvalue weighted by molar-refractivity contribution is -0.133. The first-order valence-electron chi connectivity index (χ1n) is 8.24. The van der Waals surface area contributed by atoms with Crippen LogP contribution in [0.1, 0.15) is 37.0 Å². The maximum atomic E-state index is 12.5. The highest BCUT2D eigenvalue weighted by molar-refractivity contribution is 7.90. The van der Waals surface area contributed by atoms with E-state index < -0.39 is 15.9 Å². The Morgan fingerprint density at radius 3 is 2.42 bits per heavy atom.